The molecule has 14 nitrogen and oxygen atoms in total. The smallest absolute Gasteiger partial charge is 0.302 e. The fourth-order valence-corrected chi connectivity index (χ4v) is 9.28. The largest absolute Gasteiger partial charge is 0.487 e. The van der Waals surface area contributed by atoms with E-state index in [1.807, 2.05) is 25.1 Å². The topological polar surface area (TPSA) is 158 Å². The number of aromatic nitrogens is 4. The standard InChI is InChI=1S/C36H43Cl2N7O7S/c1-24-19-31(44-23-39-22-41-44)27-5-3-7-32(35(27)42-24)52-21-28-29(37)8-9-33(34(28)38)53(48,49)45-12-4-6-30(45)36(47)40-20-26-10-13-43(14-11-26)15-16-50-17-18-51-25(2)46/h3,5,7-9,19,22-23,26,30H,4,6,10-18,20-21H2,1-2H3,(H,40,47). The Balaban J connectivity index is 1.07. The molecule has 2 aromatic carbocycles. The number of esters is 1. The minimum absolute atomic E-state index is 0.0576. The van der Waals surface area contributed by atoms with E-state index in [1.54, 1.807) is 17.1 Å². The van der Waals surface area contributed by atoms with Crippen LogP contribution < -0.4 is 10.1 Å². The van der Waals surface area contributed by atoms with Crippen LogP contribution in [0.4, 0.5) is 0 Å². The van der Waals surface area contributed by atoms with Crippen molar-refractivity contribution < 1.29 is 32.2 Å². The molecule has 4 heterocycles. The van der Waals surface area contributed by atoms with Gasteiger partial charge in [-0.05, 0) is 75.9 Å². The highest BCUT2D eigenvalue weighted by Gasteiger charge is 2.41. The van der Waals surface area contributed by atoms with Crippen molar-refractivity contribution in [2.45, 2.75) is 57.1 Å². The Kier molecular flexibility index (Phi) is 12.8. The van der Waals surface area contributed by atoms with Gasteiger partial charge in [-0.2, -0.15) is 9.40 Å². The summed E-state index contributed by atoms with van der Waals surface area (Å²) in [6.07, 6.45) is 5.82. The third-order valence-corrected chi connectivity index (χ3v) is 12.4. The number of amides is 1. The van der Waals surface area contributed by atoms with Gasteiger partial charge in [0.05, 0.1) is 23.9 Å². The molecule has 2 aromatic heterocycles. The van der Waals surface area contributed by atoms with Crippen molar-refractivity contribution in [1.82, 2.24) is 34.3 Å². The van der Waals surface area contributed by atoms with E-state index in [2.05, 4.69) is 20.3 Å². The van der Waals surface area contributed by atoms with Gasteiger partial charge in [-0.3, -0.25) is 9.59 Å². The summed E-state index contributed by atoms with van der Waals surface area (Å²) < 4.78 is 47.7. The van der Waals surface area contributed by atoms with Crippen molar-refractivity contribution in [3.63, 3.8) is 0 Å². The molecular formula is C36H43Cl2N7O7S. The van der Waals surface area contributed by atoms with Crippen molar-refractivity contribution in [1.29, 1.82) is 0 Å². The quantitative estimate of drug-likeness (QED) is 0.133. The van der Waals surface area contributed by atoms with Crippen LogP contribution in [0.25, 0.3) is 16.6 Å². The van der Waals surface area contributed by atoms with Crippen molar-refractivity contribution in [2.75, 3.05) is 52.5 Å². The number of piperidine rings is 1. The lowest BCUT2D eigenvalue weighted by Crippen LogP contribution is -2.47. The average Bonchev–Trinajstić information content (AvgIpc) is 3.86. The van der Waals surface area contributed by atoms with Gasteiger partial charge in [-0.15, -0.1) is 0 Å². The van der Waals surface area contributed by atoms with Crippen LogP contribution in [-0.4, -0.2) is 108 Å². The highest BCUT2D eigenvalue weighted by molar-refractivity contribution is 7.89. The molecule has 2 saturated heterocycles. The van der Waals surface area contributed by atoms with E-state index in [0.29, 0.717) is 49.4 Å². The van der Waals surface area contributed by atoms with E-state index in [-0.39, 0.29) is 52.5 Å². The summed E-state index contributed by atoms with van der Waals surface area (Å²) in [6.45, 7) is 7.48. The second-order valence-corrected chi connectivity index (χ2v) is 15.8. The average molecular weight is 789 g/mol. The normalized spacial score (nSPS) is 17.3. The number of carbonyl (C=O) groups excluding carboxylic acids is 2. The molecule has 0 bridgehead atoms. The lowest BCUT2D eigenvalue weighted by molar-refractivity contribution is -0.142. The minimum atomic E-state index is -4.17. The molecular weight excluding hydrogens is 745 g/mol. The summed E-state index contributed by atoms with van der Waals surface area (Å²) in [7, 11) is -4.17. The summed E-state index contributed by atoms with van der Waals surface area (Å²) in [5.74, 6) is 0.109. The number of fused-ring (bicyclic) bond motifs is 1. The van der Waals surface area contributed by atoms with E-state index in [9.17, 15) is 18.0 Å². The molecule has 0 saturated carbocycles. The Labute approximate surface area is 318 Å². The number of benzene rings is 2. The fourth-order valence-electron chi connectivity index (χ4n) is 6.76. The number of rotatable bonds is 15. The van der Waals surface area contributed by atoms with Gasteiger partial charge in [-0.25, -0.2) is 23.1 Å². The number of nitrogens with zero attached hydrogens (tertiary/aromatic N) is 6. The second-order valence-electron chi connectivity index (χ2n) is 13.2. The molecule has 4 aromatic rings. The Morgan fingerprint density at radius 2 is 1.85 bits per heavy atom. The third-order valence-electron chi connectivity index (χ3n) is 9.55. The van der Waals surface area contributed by atoms with Crippen molar-refractivity contribution in [3.05, 3.63) is 70.4 Å². The summed E-state index contributed by atoms with van der Waals surface area (Å²) in [4.78, 5) is 35.2. The molecule has 2 aliphatic rings. The molecule has 0 aliphatic carbocycles. The molecule has 0 spiro atoms. The van der Waals surface area contributed by atoms with Crippen LogP contribution in [0.3, 0.4) is 0 Å². The zero-order chi connectivity index (χ0) is 37.5. The number of halogens is 2. The van der Waals surface area contributed by atoms with E-state index in [1.165, 1.54) is 29.7 Å². The number of para-hydroxylation sites is 1. The third kappa shape index (κ3) is 9.27. The lowest BCUT2D eigenvalue weighted by Gasteiger charge is -2.32. The zero-order valence-electron chi connectivity index (χ0n) is 29.7. The SMILES string of the molecule is CC(=O)OCCOCCN1CCC(CNC(=O)C2CCCN2S(=O)(=O)c2ccc(Cl)c(COc3cccc4c(-n5cncn5)cc(C)nc34)c2Cl)CC1. The Bertz CT molecular complexity index is 2030. The molecule has 284 valence electrons. The van der Waals surface area contributed by atoms with Gasteiger partial charge >= 0.3 is 5.97 Å². The number of hydrogen-bond acceptors (Lipinski definition) is 11. The Hall–Kier alpha value is -3.86. The van der Waals surface area contributed by atoms with Crippen molar-refractivity contribution >= 4 is 56.0 Å². The van der Waals surface area contributed by atoms with E-state index in [0.717, 1.165) is 49.2 Å². The van der Waals surface area contributed by atoms with Gasteiger partial charge in [0.25, 0.3) is 0 Å². The van der Waals surface area contributed by atoms with Crippen LogP contribution in [0, 0.1) is 12.8 Å². The maximum Gasteiger partial charge on any atom is 0.302 e. The number of nitrogens with one attached hydrogen (secondary N) is 1. The number of aryl methyl sites for hydroxylation is 1. The molecule has 1 N–H and O–H groups in total. The van der Waals surface area contributed by atoms with Crippen LogP contribution in [0.5, 0.6) is 5.75 Å². The predicted octanol–water partition coefficient (Wildman–Crippen LogP) is 4.57. The molecule has 1 atom stereocenters. The van der Waals surface area contributed by atoms with Gasteiger partial charge in [-0.1, -0.05) is 35.3 Å². The number of hydrogen-bond donors (Lipinski definition) is 1. The molecule has 0 radical (unpaired) electrons. The van der Waals surface area contributed by atoms with E-state index < -0.39 is 16.1 Å². The number of pyridine rings is 1. The predicted molar refractivity (Wildman–Crippen MR) is 199 cm³/mol. The van der Waals surface area contributed by atoms with Crippen LogP contribution in [0.15, 0.2) is 53.9 Å². The van der Waals surface area contributed by atoms with Crippen LogP contribution in [-0.2, 0) is 35.7 Å². The highest BCUT2D eigenvalue weighted by atomic mass is 35.5. The molecule has 2 aliphatic heterocycles. The van der Waals surface area contributed by atoms with Crippen LogP contribution >= 0.6 is 23.2 Å². The van der Waals surface area contributed by atoms with Gasteiger partial charge in [0.1, 0.15) is 48.1 Å². The summed E-state index contributed by atoms with van der Waals surface area (Å²) in [5.41, 5.74) is 2.41. The molecule has 2 fully saturated rings. The minimum Gasteiger partial charge on any atom is -0.487 e. The number of sulfonamides is 1. The maximum atomic E-state index is 14.1. The van der Waals surface area contributed by atoms with Gasteiger partial charge in [0.15, 0.2) is 0 Å². The first kappa shape index (κ1) is 38.9. The second kappa shape index (κ2) is 17.5. The molecule has 1 unspecified atom stereocenters. The molecule has 6 rings (SSSR count). The highest BCUT2D eigenvalue weighted by Crippen LogP contribution is 2.37. The van der Waals surface area contributed by atoms with Crippen molar-refractivity contribution in [3.8, 4) is 11.4 Å². The van der Waals surface area contributed by atoms with Crippen LogP contribution in [0.1, 0.15) is 43.9 Å². The molecule has 17 heteroatoms. The van der Waals surface area contributed by atoms with Crippen molar-refractivity contribution in [2.24, 2.45) is 5.92 Å². The number of ether oxygens (including phenoxy) is 3. The summed E-state index contributed by atoms with van der Waals surface area (Å²) >= 11 is 13.4. The van der Waals surface area contributed by atoms with Crippen LogP contribution in [0.2, 0.25) is 10.0 Å². The Morgan fingerprint density at radius 1 is 1.04 bits per heavy atom. The monoisotopic (exact) mass is 787 g/mol. The molecule has 1 amide bonds. The first-order valence-corrected chi connectivity index (χ1v) is 19.8. The molecule has 53 heavy (non-hydrogen) atoms. The summed E-state index contributed by atoms with van der Waals surface area (Å²) in [6, 6.07) is 9.42. The first-order valence-electron chi connectivity index (χ1n) is 17.6. The lowest BCUT2D eigenvalue weighted by atomic mass is 9.96. The van der Waals surface area contributed by atoms with Gasteiger partial charge in [0.2, 0.25) is 15.9 Å². The van der Waals surface area contributed by atoms with E-state index >= 15 is 0 Å². The summed E-state index contributed by atoms with van der Waals surface area (Å²) in [5, 5.41) is 8.26. The number of likely N-dealkylation sites (tertiary alicyclic amines) is 1. The Morgan fingerprint density at radius 3 is 2.60 bits per heavy atom. The number of carbonyl (C=O) groups is 2. The maximum absolute atomic E-state index is 14.1. The van der Waals surface area contributed by atoms with Gasteiger partial charge < -0.3 is 24.4 Å². The zero-order valence-corrected chi connectivity index (χ0v) is 32.0. The first-order chi connectivity index (χ1) is 25.5. The van der Waals surface area contributed by atoms with Gasteiger partial charge in [0, 0.05) is 48.2 Å². The fraction of sp³-hybridized carbons (Fsp3) is 0.472. The van der Waals surface area contributed by atoms with E-state index in [4.69, 9.17) is 42.4 Å².